The van der Waals surface area contributed by atoms with Gasteiger partial charge >= 0.3 is 56.0 Å². The van der Waals surface area contributed by atoms with Crippen LogP contribution < -0.4 is 0 Å². The molecule has 0 aliphatic heterocycles. The van der Waals surface area contributed by atoms with Crippen LogP contribution in [-0.4, -0.2) is 56.0 Å². The van der Waals surface area contributed by atoms with E-state index in [9.17, 15) is 87.8 Å². The number of ether oxygens (including phenoxy) is 2. The smallest absolute Gasteiger partial charge is 0.245 e. The van der Waals surface area contributed by atoms with Gasteiger partial charge in [-0.05, 0) is 0 Å². The Hall–Kier alpha value is -0.0200. The molecule has 0 aromatic rings. The Labute approximate surface area is 198 Å². The fourth-order valence-corrected chi connectivity index (χ4v) is 1.55. The molecule has 2 nitrogen and oxygen atoms in total. The highest BCUT2D eigenvalue weighted by atomic mass is 127. The summed E-state index contributed by atoms with van der Waals surface area (Å²) in [6, 6.07) is 0. The summed E-state index contributed by atoms with van der Waals surface area (Å²) >= 11 is -1.65. The molecule has 24 heteroatoms. The van der Waals surface area contributed by atoms with Gasteiger partial charge in [-0.1, -0.05) is 0 Å². The van der Waals surface area contributed by atoms with E-state index in [1.807, 2.05) is 0 Å². The topological polar surface area (TPSA) is 18.5 Å². The van der Waals surface area contributed by atoms with Crippen LogP contribution in [0.2, 0.25) is 0 Å². The first-order valence-corrected chi connectivity index (χ1v) is 8.88. The molecular formula is C10F20I2O2. The van der Waals surface area contributed by atoms with Crippen molar-refractivity contribution in [3.05, 3.63) is 0 Å². The molecule has 0 bridgehead atoms. The minimum absolute atomic E-state index is 0.824. The van der Waals surface area contributed by atoms with Crippen molar-refractivity contribution in [2.75, 3.05) is 0 Å². The SMILES string of the molecule is FC(F)(I)C(F)(F)OC(F)(F)C(F)(F)C(F)(F)C(F)(F)C(F)(F)C(F)(F)OC(F)(F)C(F)(F)I. The van der Waals surface area contributed by atoms with Crippen LogP contribution in [0.15, 0.2) is 0 Å². The van der Waals surface area contributed by atoms with E-state index in [1.54, 1.807) is 0 Å². The fraction of sp³-hybridized carbons (Fsp3) is 1.00. The highest BCUT2D eigenvalue weighted by molar-refractivity contribution is 14.1. The Kier molecular flexibility index (Phi) is 8.78. The van der Waals surface area contributed by atoms with Crippen LogP contribution in [0.3, 0.4) is 0 Å². The van der Waals surface area contributed by atoms with Gasteiger partial charge in [0.15, 0.2) is 0 Å². The lowest BCUT2D eigenvalue weighted by atomic mass is 9.97. The second-order valence-electron chi connectivity index (χ2n) is 5.56. The number of rotatable bonds is 11. The van der Waals surface area contributed by atoms with Crippen molar-refractivity contribution in [2.45, 2.75) is 56.0 Å². The zero-order chi connectivity index (χ0) is 28.4. The van der Waals surface area contributed by atoms with Crippen molar-refractivity contribution >= 4 is 45.2 Å². The highest BCUT2D eigenvalue weighted by Gasteiger charge is 2.92. The third-order valence-electron chi connectivity index (χ3n) is 3.09. The fourth-order valence-electron chi connectivity index (χ4n) is 1.33. The van der Waals surface area contributed by atoms with Crippen molar-refractivity contribution in [3.63, 3.8) is 0 Å². The summed E-state index contributed by atoms with van der Waals surface area (Å²) in [6.07, 6.45) is -29.9. The first-order chi connectivity index (χ1) is 14.2. The predicted molar refractivity (Wildman–Crippen MR) is 79.7 cm³/mol. The Bertz CT molecular complexity index is 675. The molecule has 0 spiro atoms. The van der Waals surface area contributed by atoms with Crippen LogP contribution in [0.25, 0.3) is 0 Å². The number of hydrogen-bond acceptors (Lipinski definition) is 2. The maximum absolute atomic E-state index is 13.3. The van der Waals surface area contributed by atoms with E-state index < -0.39 is 101 Å². The van der Waals surface area contributed by atoms with Gasteiger partial charge in [-0.3, -0.25) is 0 Å². The first kappa shape index (κ1) is 34.0. The highest BCUT2D eigenvalue weighted by Crippen LogP contribution is 2.62. The molecule has 0 aliphatic rings. The van der Waals surface area contributed by atoms with Gasteiger partial charge < -0.3 is 0 Å². The van der Waals surface area contributed by atoms with E-state index in [0.717, 1.165) is 0 Å². The molecule has 0 aliphatic carbocycles. The average Bonchev–Trinajstić information content (AvgIpc) is 2.49. The van der Waals surface area contributed by atoms with Gasteiger partial charge in [0.2, 0.25) is 0 Å². The minimum Gasteiger partial charge on any atom is -0.245 e. The van der Waals surface area contributed by atoms with Crippen LogP contribution in [0, 0.1) is 0 Å². The van der Waals surface area contributed by atoms with Gasteiger partial charge in [0.1, 0.15) is 0 Å². The second-order valence-corrected chi connectivity index (χ2v) is 8.27. The van der Waals surface area contributed by atoms with Crippen molar-refractivity contribution in [1.29, 1.82) is 0 Å². The van der Waals surface area contributed by atoms with Gasteiger partial charge in [-0.25, -0.2) is 9.47 Å². The van der Waals surface area contributed by atoms with E-state index in [1.165, 1.54) is 9.47 Å². The lowest BCUT2D eigenvalue weighted by Gasteiger charge is -2.41. The Morgan fingerprint density at radius 1 is 0.294 bits per heavy atom. The lowest BCUT2D eigenvalue weighted by molar-refractivity contribution is -0.518. The summed E-state index contributed by atoms with van der Waals surface area (Å²) in [6.45, 7) is 0. The van der Waals surface area contributed by atoms with Gasteiger partial charge in [0, 0.05) is 45.2 Å². The average molecular weight is 786 g/mol. The lowest BCUT2D eigenvalue weighted by Crippen LogP contribution is -2.72. The van der Waals surface area contributed by atoms with E-state index >= 15 is 0 Å². The molecule has 0 aromatic carbocycles. The first-order valence-electron chi connectivity index (χ1n) is 6.72. The molecule has 34 heavy (non-hydrogen) atoms. The summed E-state index contributed by atoms with van der Waals surface area (Å²) in [7, 11) is 0. The van der Waals surface area contributed by atoms with E-state index in [-0.39, 0.29) is 0 Å². The molecule has 0 N–H and O–H groups in total. The monoisotopic (exact) mass is 786 g/mol. The van der Waals surface area contributed by atoms with Crippen molar-refractivity contribution in [3.8, 4) is 0 Å². The molecule has 0 fully saturated rings. The molecule has 206 valence electrons. The van der Waals surface area contributed by atoms with Crippen LogP contribution in [0.5, 0.6) is 0 Å². The molecule has 0 amide bonds. The number of halogens is 22. The summed E-state index contributed by atoms with van der Waals surface area (Å²) < 4.78 is 250. The number of hydrogen-bond donors (Lipinski definition) is 0. The largest absolute Gasteiger partial charge is 0.433 e. The van der Waals surface area contributed by atoms with Gasteiger partial charge in [-0.15, -0.1) is 0 Å². The second kappa shape index (κ2) is 8.78. The molecule has 0 atom stereocenters. The molecule has 0 aromatic heterocycles. The third-order valence-corrected chi connectivity index (χ3v) is 4.34. The standard InChI is InChI=1S/C10F20I2O2/c11-1(12,3(15,16)7(23,24)33-9(27,28)5(19,20)31)2(13,14)4(17,18)8(25,26)34-10(29,30)6(21,22)32. The molecule has 0 saturated carbocycles. The van der Waals surface area contributed by atoms with Gasteiger partial charge in [0.05, 0.1) is 0 Å². The predicted octanol–water partition coefficient (Wildman–Crippen LogP) is 7.99. The number of alkyl halides is 22. The Balaban J connectivity index is 6.58. The van der Waals surface area contributed by atoms with E-state index in [2.05, 4.69) is 0 Å². The summed E-state index contributed by atoms with van der Waals surface area (Å²) in [5.74, 6) is -34.6. The zero-order valence-electron chi connectivity index (χ0n) is 14.1. The summed E-state index contributed by atoms with van der Waals surface area (Å²) in [5.41, 5.74) is 0. The van der Waals surface area contributed by atoms with Crippen LogP contribution in [-0.2, 0) is 9.47 Å². The van der Waals surface area contributed by atoms with Crippen LogP contribution in [0.1, 0.15) is 0 Å². The molecule has 0 unspecified atom stereocenters. The van der Waals surface area contributed by atoms with Crippen molar-refractivity contribution in [2.24, 2.45) is 0 Å². The molecule has 0 heterocycles. The van der Waals surface area contributed by atoms with Gasteiger partial charge in [0.25, 0.3) is 0 Å². The molecular weight excluding hydrogens is 786 g/mol. The van der Waals surface area contributed by atoms with Crippen molar-refractivity contribution in [1.82, 2.24) is 0 Å². The Morgan fingerprint density at radius 2 is 0.471 bits per heavy atom. The quantitative estimate of drug-likeness (QED) is 0.120. The third kappa shape index (κ3) is 5.46. The van der Waals surface area contributed by atoms with Crippen molar-refractivity contribution < 1.29 is 97.3 Å². The normalized spacial score (nSPS) is 16.8. The maximum atomic E-state index is 13.3. The minimum atomic E-state index is -8.75. The Morgan fingerprint density at radius 3 is 0.618 bits per heavy atom. The van der Waals surface area contributed by atoms with E-state index in [0.29, 0.717) is 0 Å². The maximum Gasteiger partial charge on any atom is 0.433 e. The summed E-state index contributed by atoms with van der Waals surface area (Å²) in [4.78, 5) is 0. The zero-order valence-corrected chi connectivity index (χ0v) is 18.4. The molecule has 0 radical (unpaired) electrons. The van der Waals surface area contributed by atoms with Crippen LogP contribution >= 0.6 is 45.2 Å². The molecule has 0 saturated heterocycles. The van der Waals surface area contributed by atoms with Gasteiger partial charge in [-0.2, -0.15) is 87.8 Å². The van der Waals surface area contributed by atoms with Crippen LogP contribution in [0.4, 0.5) is 87.8 Å². The van der Waals surface area contributed by atoms with E-state index in [4.69, 9.17) is 0 Å². The summed E-state index contributed by atoms with van der Waals surface area (Å²) in [5, 5.41) is 0. The molecule has 0 rings (SSSR count).